The van der Waals surface area contributed by atoms with E-state index in [-0.39, 0.29) is 17.0 Å². The van der Waals surface area contributed by atoms with E-state index in [4.69, 9.17) is 4.99 Å². The summed E-state index contributed by atoms with van der Waals surface area (Å²) in [6.07, 6.45) is 4.62. The maximum absolute atomic E-state index is 13.2. The maximum Gasteiger partial charge on any atom is 0.272 e. The van der Waals surface area contributed by atoms with Crippen molar-refractivity contribution in [2.75, 3.05) is 18.6 Å². The van der Waals surface area contributed by atoms with E-state index in [0.29, 0.717) is 27.7 Å². The summed E-state index contributed by atoms with van der Waals surface area (Å²) in [6.45, 7) is 8.78. The lowest BCUT2D eigenvalue weighted by atomic mass is 9.87. The second kappa shape index (κ2) is 10.6. The minimum Gasteiger partial charge on any atom is -0.286 e. The van der Waals surface area contributed by atoms with Crippen molar-refractivity contribution in [3.8, 4) is 0 Å². The molecule has 0 spiro atoms. The van der Waals surface area contributed by atoms with E-state index >= 15 is 0 Å². The van der Waals surface area contributed by atoms with Crippen LogP contribution in [0.1, 0.15) is 43.9 Å². The zero-order valence-corrected chi connectivity index (χ0v) is 21.3. The van der Waals surface area contributed by atoms with Gasteiger partial charge in [0, 0.05) is 18.2 Å². The quantitative estimate of drug-likeness (QED) is 0.193. The fourth-order valence-electron chi connectivity index (χ4n) is 3.37. The Bertz CT molecular complexity index is 1100. The van der Waals surface area contributed by atoms with Crippen LogP contribution >= 0.6 is 23.5 Å². The number of thioether (sulfide) groups is 2. The maximum atomic E-state index is 13.2. The van der Waals surface area contributed by atoms with Gasteiger partial charge in [-0.05, 0) is 71.9 Å². The number of hydrogen-bond donors (Lipinski definition) is 0. The van der Waals surface area contributed by atoms with Crippen LogP contribution in [0.25, 0.3) is 6.08 Å². The van der Waals surface area contributed by atoms with Crippen molar-refractivity contribution in [1.29, 1.82) is 0 Å². The van der Waals surface area contributed by atoms with Crippen LogP contribution in [0.3, 0.4) is 0 Å². The van der Waals surface area contributed by atoms with Crippen molar-refractivity contribution in [3.05, 3.63) is 74.2 Å². The molecule has 33 heavy (non-hydrogen) atoms. The average Bonchev–Trinajstić information content (AvgIpc) is 3.03. The molecule has 1 amide bonds. The fourth-order valence-corrected chi connectivity index (χ4v) is 4.81. The number of hydrogen-bond acceptors (Lipinski definition) is 6. The molecule has 2 aromatic rings. The lowest BCUT2D eigenvalue weighted by Gasteiger charge is -2.19. The van der Waals surface area contributed by atoms with Crippen molar-refractivity contribution in [2.24, 2.45) is 4.99 Å². The molecule has 1 saturated heterocycles. The fraction of sp³-hybridized carbons (Fsp3) is 0.360. The first-order valence-corrected chi connectivity index (χ1v) is 13.0. The van der Waals surface area contributed by atoms with Gasteiger partial charge in [-0.15, -0.1) is 0 Å². The molecular weight excluding hydrogens is 454 g/mol. The van der Waals surface area contributed by atoms with Crippen molar-refractivity contribution in [3.63, 3.8) is 0 Å². The van der Waals surface area contributed by atoms with Crippen molar-refractivity contribution < 1.29 is 9.72 Å². The summed E-state index contributed by atoms with van der Waals surface area (Å²) in [4.78, 5) is 31.1. The van der Waals surface area contributed by atoms with E-state index in [1.165, 1.54) is 23.4 Å². The summed E-state index contributed by atoms with van der Waals surface area (Å²) in [5, 5.41) is 11.9. The zero-order valence-electron chi connectivity index (χ0n) is 19.6. The number of rotatable bonds is 7. The number of nitrogens with zero attached hydrogens (tertiary/aromatic N) is 3. The molecular formula is C25H29N3O3S2. The van der Waals surface area contributed by atoms with Gasteiger partial charge in [-0.3, -0.25) is 19.8 Å². The van der Waals surface area contributed by atoms with Gasteiger partial charge in [-0.25, -0.2) is 4.99 Å². The summed E-state index contributed by atoms with van der Waals surface area (Å²) in [7, 11) is 0. The number of carbonyl (C=O) groups excluding carboxylic acids is 1. The molecule has 6 nitrogen and oxygen atoms in total. The van der Waals surface area contributed by atoms with Crippen molar-refractivity contribution in [1.82, 2.24) is 4.90 Å². The molecule has 0 unspecified atom stereocenters. The predicted molar refractivity (Wildman–Crippen MR) is 140 cm³/mol. The predicted octanol–water partition coefficient (Wildman–Crippen LogP) is 6.56. The van der Waals surface area contributed by atoms with E-state index in [1.807, 2.05) is 18.4 Å². The minimum absolute atomic E-state index is 0.0458. The van der Waals surface area contributed by atoms with E-state index in [0.717, 1.165) is 17.9 Å². The monoisotopic (exact) mass is 483 g/mol. The number of nitro benzene ring substituents is 1. The summed E-state index contributed by atoms with van der Waals surface area (Å²) < 4.78 is 0. The third-order valence-electron chi connectivity index (χ3n) is 5.30. The van der Waals surface area contributed by atoms with E-state index < -0.39 is 4.92 Å². The molecule has 1 fully saturated rings. The molecule has 1 heterocycles. The smallest absolute Gasteiger partial charge is 0.272 e. The topological polar surface area (TPSA) is 75.8 Å². The Morgan fingerprint density at radius 1 is 1.18 bits per heavy atom. The first-order chi connectivity index (χ1) is 15.6. The number of nitro groups is 1. The molecule has 0 bridgehead atoms. The highest BCUT2D eigenvalue weighted by Gasteiger charge is 2.33. The molecule has 0 atom stereocenters. The number of benzene rings is 2. The molecule has 0 radical (unpaired) electrons. The third-order valence-corrected chi connectivity index (χ3v) is 7.01. The summed E-state index contributed by atoms with van der Waals surface area (Å²) >= 11 is 3.05. The van der Waals surface area contributed by atoms with Crippen LogP contribution in [0.4, 0.5) is 11.4 Å². The van der Waals surface area contributed by atoms with Crippen molar-refractivity contribution >= 4 is 52.0 Å². The van der Waals surface area contributed by atoms with Crippen LogP contribution < -0.4 is 0 Å². The van der Waals surface area contributed by atoms with Crippen LogP contribution in [0.2, 0.25) is 0 Å². The number of aryl methyl sites for hydroxylation is 1. The highest BCUT2D eigenvalue weighted by Crippen LogP contribution is 2.35. The molecule has 0 aromatic heterocycles. The van der Waals surface area contributed by atoms with Crippen LogP contribution in [0, 0.1) is 17.0 Å². The molecule has 0 aliphatic carbocycles. The van der Waals surface area contributed by atoms with E-state index in [1.54, 1.807) is 41.8 Å². The molecule has 174 valence electrons. The van der Waals surface area contributed by atoms with Gasteiger partial charge in [-0.2, -0.15) is 11.8 Å². The molecule has 0 saturated carbocycles. The third kappa shape index (κ3) is 6.26. The van der Waals surface area contributed by atoms with Crippen LogP contribution in [-0.4, -0.2) is 39.5 Å². The first kappa shape index (κ1) is 25.1. The summed E-state index contributed by atoms with van der Waals surface area (Å²) in [5.74, 6) is 0.833. The molecule has 1 aliphatic rings. The van der Waals surface area contributed by atoms with Crippen LogP contribution in [0.5, 0.6) is 0 Å². The van der Waals surface area contributed by atoms with Gasteiger partial charge < -0.3 is 0 Å². The lowest BCUT2D eigenvalue weighted by Crippen LogP contribution is -2.30. The molecule has 2 aromatic carbocycles. The Morgan fingerprint density at radius 2 is 1.88 bits per heavy atom. The molecule has 3 rings (SSSR count). The van der Waals surface area contributed by atoms with Crippen LogP contribution in [0.15, 0.2) is 52.4 Å². The summed E-state index contributed by atoms with van der Waals surface area (Å²) in [5.41, 5.74) is 3.33. The van der Waals surface area contributed by atoms with E-state index in [2.05, 4.69) is 32.9 Å². The number of amidine groups is 1. The Kier molecular flexibility index (Phi) is 8.02. The Labute approximate surface area is 203 Å². The van der Waals surface area contributed by atoms with Gasteiger partial charge in [0.2, 0.25) is 0 Å². The average molecular weight is 484 g/mol. The second-order valence-corrected chi connectivity index (χ2v) is 10.9. The van der Waals surface area contributed by atoms with Gasteiger partial charge in [0.1, 0.15) is 0 Å². The van der Waals surface area contributed by atoms with E-state index in [9.17, 15) is 14.9 Å². The zero-order chi connectivity index (χ0) is 24.2. The number of aliphatic imine (C=N–C) groups is 1. The minimum atomic E-state index is -0.399. The van der Waals surface area contributed by atoms with Gasteiger partial charge in [0.15, 0.2) is 5.17 Å². The summed E-state index contributed by atoms with van der Waals surface area (Å²) in [6, 6.07) is 13.1. The van der Waals surface area contributed by atoms with Gasteiger partial charge in [0.05, 0.1) is 15.5 Å². The Hall–Kier alpha value is -2.58. The largest absolute Gasteiger partial charge is 0.286 e. The molecule has 0 N–H and O–H groups in total. The number of carbonyl (C=O) groups is 1. The SMILES string of the molecule is CSCCCN1C(=O)/C(=C\c2ccc(C)c([N+](=O)[O-])c2)SC1=Nc1ccc(C(C)(C)C)cc1. The number of amides is 1. The Balaban J connectivity index is 1.93. The van der Waals surface area contributed by atoms with Crippen LogP contribution in [-0.2, 0) is 10.2 Å². The highest BCUT2D eigenvalue weighted by molar-refractivity contribution is 8.18. The molecule has 1 aliphatic heterocycles. The normalized spacial score (nSPS) is 16.8. The standard InChI is InChI=1S/C25H29N3O3S2/c1-17-7-8-18(15-21(17)28(30)31)16-22-23(29)27(13-6-14-32-5)24(33-22)26-20-11-9-19(10-12-20)25(2,3)4/h7-12,15-16H,6,13-14H2,1-5H3/b22-16+,26-24?. The second-order valence-electron chi connectivity index (χ2n) is 8.91. The van der Waals surface area contributed by atoms with Gasteiger partial charge >= 0.3 is 0 Å². The lowest BCUT2D eigenvalue weighted by molar-refractivity contribution is -0.385. The van der Waals surface area contributed by atoms with Gasteiger partial charge in [0.25, 0.3) is 11.6 Å². The van der Waals surface area contributed by atoms with Crippen molar-refractivity contribution in [2.45, 2.75) is 39.5 Å². The highest BCUT2D eigenvalue weighted by atomic mass is 32.2. The van der Waals surface area contributed by atoms with Gasteiger partial charge in [-0.1, -0.05) is 45.0 Å². The first-order valence-electron chi connectivity index (χ1n) is 10.7. The Morgan fingerprint density at radius 3 is 2.48 bits per heavy atom. The molecule has 8 heteroatoms.